The molecule has 0 bridgehead atoms. The van der Waals surface area contributed by atoms with E-state index in [0.717, 1.165) is 0 Å². The Morgan fingerprint density at radius 2 is 2.11 bits per heavy atom. The van der Waals surface area contributed by atoms with E-state index < -0.39 is 0 Å². The molecule has 0 radical (unpaired) electrons. The van der Waals surface area contributed by atoms with Gasteiger partial charge in [-0.2, -0.15) is 5.26 Å². The minimum Gasteiger partial charge on any atom is -0.473 e. The first kappa shape index (κ1) is 13.2. The average molecular weight is 279 g/mol. The topological polar surface area (TPSA) is 97.1 Å². The second kappa shape index (κ2) is 5.61. The molecule has 2 aromatic rings. The van der Waals surface area contributed by atoms with Crippen LogP contribution >= 0.6 is 11.6 Å². The Morgan fingerprint density at radius 1 is 1.42 bits per heavy atom. The van der Waals surface area contributed by atoms with E-state index in [9.17, 15) is 0 Å². The van der Waals surface area contributed by atoms with Gasteiger partial charge >= 0.3 is 0 Å². The Bertz CT molecular complexity index is 616. The number of aromatic nitrogens is 2. The number of nitrogens with zero attached hydrogens (tertiary/aromatic N) is 3. The zero-order valence-electron chi connectivity index (χ0n) is 9.88. The minimum absolute atomic E-state index is 0.0474. The highest BCUT2D eigenvalue weighted by atomic mass is 35.5. The third-order valence-electron chi connectivity index (χ3n) is 2.40. The number of nitriles is 1. The summed E-state index contributed by atoms with van der Waals surface area (Å²) in [5, 5.41) is 22.5. The summed E-state index contributed by atoms with van der Waals surface area (Å²) in [4.78, 5) is 0. The molecule has 3 N–H and O–H groups in total. The van der Waals surface area contributed by atoms with Gasteiger partial charge in [0.15, 0.2) is 5.56 Å². The molecule has 7 heteroatoms. The smallest absolute Gasteiger partial charge is 0.253 e. The molecular formula is C12H11ClN4O2. The molecular weight excluding hydrogens is 268 g/mol. The second-order valence-corrected chi connectivity index (χ2v) is 4.07. The number of hydrogen-bond donors (Lipinski definition) is 2. The minimum atomic E-state index is -0.168. The Hall–Kier alpha value is -2.23. The zero-order valence-corrected chi connectivity index (χ0v) is 10.6. The van der Waals surface area contributed by atoms with Gasteiger partial charge in [0.2, 0.25) is 0 Å². The molecule has 0 fully saturated rings. The van der Waals surface area contributed by atoms with Crippen LogP contribution in [0.4, 0.5) is 5.82 Å². The SMILES string of the molecule is N#Cc1c(OCCO)nn(-c2ccc(Cl)cc2)c1N. The fourth-order valence-electron chi connectivity index (χ4n) is 1.54. The number of benzene rings is 1. The van der Waals surface area contributed by atoms with E-state index in [1.165, 1.54) is 4.68 Å². The van der Waals surface area contributed by atoms with Crippen LogP contribution in [-0.4, -0.2) is 28.1 Å². The van der Waals surface area contributed by atoms with Gasteiger partial charge < -0.3 is 15.6 Å². The van der Waals surface area contributed by atoms with Crippen LogP contribution in [0.2, 0.25) is 5.02 Å². The summed E-state index contributed by atoms with van der Waals surface area (Å²) in [6.07, 6.45) is 0. The highest BCUT2D eigenvalue weighted by molar-refractivity contribution is 6.30. The predicted molar refractivity (Wildman–Crippen MR) is 70.3 cm³/mol. The lowest BCUT2D eigenvalue weighted by Gasteiger charge is -2.03. The number of aliphatic hydroxyl groups excluding tert-OH is 1. The van der Waals surface area contributed by atoms with Crippen LogP contribution in [0.25, 0.3) is 5.69 Å². The molecule has 1 aromatic carbocycles. The summed E-state index contributed by atoms with van der Waals surface area (Å²) >= 11 is 5.81. The number of hydrogen-bond acceptors (Lipinski definition) is 5. The molecule has 6 nitrogen and oxygen atoms in total. The van der Waals surface area contributed by atoms with Gasteiger partial charge in [-0.1, -0.05) is 11.6 Å². The van der Waals surface area contributed by atoms with Crippen molar-refractivity contribution in [3.63, 3.8) is 0 Å². The fraction of sp³-hybridized carbons (Fsp3) is 0.167. The van der Waals surface area contributed by atoms with Gasteiger partial charge in [-0.25, -0.2) is 4.68 Å². The van der Waals surface area contributed by atoms with Crippen LogP contribution in [-0.2, 0) is 0 Å². The van der Waals surface area contributed by atoms with E-state index in [1.807, 2.05) is 6.07 Å². The molecule has 1 heterocycles. The normalized spacial score (nSPS) is 10.2. The van der Waals surface area contributed by atoms with Gasteiger partial charge in [0, 0.05) is 5.02 Å². The molecule has 1 aromatic heterocycles. The lowest BCUT2D eigenvalue weighted by atomic mass is 10.3. The first-order valence-electron chi connectivity index (χ1n) is 5.45. The Morgan fingerprint density at radius 3 is 2.68 bits per heavy atom. The Kier molecular flexibility index (Phi) is 3.90. The zero-order chi connectivity index (χ0) is 13.8. The fourth-order valence-corrected chi connectivity index (χ4v) is 1.66. The van der Waals surface area contributed by atoms with Gasteiger partial charge in [-0.3, -0.25) is 0 Å². The maximum absolute atomic E-state index is 9.06. The summed E-state index contributed by atoms with van der Waals surface area (Å²) in [6, 6.07) is 8.77. The molecule has 0 saturated carbocycles. The van der Waals surface area contributed by atoms with Gasteiger partial charge in [0.1, 0.15) is 18.5 Å². The van der Waals surface area contributed by atoms with Crippen molar-refractivity contribution in [3.05, 3.63) is 34.9 Å². The summed E-state index contributed by atoms with van der Waals surface area (Å²) in [5.41, 5.74) is 6.67. The molecule has 2 rings (SSSR count). The first-order chi connectivity index (χ1) is 9.17. The van der Waals surface area contributed by atoms with E-state index >= 15 is 0 Å². The molecule has 0 atom stereocenters. The summed E-state index contributed by atoms with van der Waals surface area (Å²) in [5.74, 6) is 0.279. The molecule has 0 unspecified atom stereocenters. The van der Waals surface area contributed by atoms with E-state index in [2.05, 4.69) is 5.10 Å². The number of ether oxygens (including phenoxy) is 1. The van der Waals surface area contributed by atoms with Crippen LogP contribution in [0.5, 0.6) is 5.88 Å². The lowest BCUT2D eigenvalue weighted by molar-refractivity contribution is 0.196. The van der Waals surface area contributed by atoms with Crippen molar-refractivity contribution in [2.24, 2.45) is 0 Å². The third-order valence-corrected chi connectivity index (χ3v) is 2.65. The van der Waals surface area contributed by atoms with E-state index in [4.69, 9.17) is 32.4 Å². The molecule has 0 aliphatic heterocycles. The van der Waals surface area contributed by atoms with Crippen molar-refractivity contribution in [2.75, 3.05) is 18.9 Å². The molecule has 0 aliphatic rings. The first-order valence-corrected chi connectivity index (χ1v) is 5.83. The number of aliphatic hydroxyl groups is 1. The number of anilines is 1. The number of nitrogen functional groups attached to an aromatic ring is 1. The van der Waals surface area contributed by atoms with Gasteiger partial charge in [-0.05, 0) is 24.3 Å². The monoisotopic (exact) mass is 278 g/mol. The molecule has 98 valence electrons. The molecule has 0 aliphatic carbocycles. The third kappa shape index (κ3) is 2.62. The van der Waals surface area contributed by atoms with Gasteiger partial charge in [0.25, 0.3) is 5.88 Å². The van der Waals surface area contributed by atoms with Crippen molar-refractivity contribution in [1.82, 2.24) is 9.78 Å². The van der Waals surface area contributed by atoms with Gasteiger partial charge in [-0.15, -0.1) is 5.10 Å². The second-order valence-electron chi connectivity index (χ2n) is 3.64. The Labute approximate surface area is 114 Å². The van der Waals surface area contributed by atoms with Crippen LogP contribution in [0.1, 0.15) is 5.56 Å². The van der Waals surface area contributed by atoms with Crippen LogP contribution < -0.4 is 10.5 Å². The standard InChI is InChI=1S/C12H11ClN4O2/c13-8-1-3-9(4-2-8)17-11(15)10(7-14)12(16-17)19-6-5-18/h1-4,18H,5-6,15H2. The number of nitrogens with two attached hydrogens (primary N) is 1. The number of rotatable bonds is 4. The van der Waals surface area contributed by atoms with E-state index in [0.29, 0.717) is 10.7 Å². The van der Waals surface area contributed by atoms with Crippen molar-refractivity contribution in [2.45, 2.75) is 0 Å². The molecule has 0 spiro atoms. The Balaban J connectivity index is 2.44. The molecule has 0 amide bonds. The maximum Gasteiger partial charge on any atom is 0.253 e. The van der Waals surface area contributed by atoms with Crippen molar-refractivity contribution < 1.29 is 9.84 Å². The van der Waals surface area contributed by atoms with Gasteiger partial charge in [0.05, 0.1) is 12.3 Å². The largest absolute Gasteiger partial charge is 0.473 e. The highest BCUT2D eigenvalue weighted by Gasteiger charge is 2.17. The quantitative estimate of drug-likeness (QED) is 0.880. The summed E-state index contributed by atoms with van der Waals surface area (Å²) < 4.78 is 6.56. The van der Waals surface area contributed by atoms with Crippen LogP contribution in [0, 0.1) is 11.3 Å². The van der Waals surface area contributed by atoms with E-state index in [-0.39, 0.29) is 30.5 Å². The summed E-state index contributed by atoms with van der Waals surface area (Å²) in [7, 11) is 0. The average Bonchev–Trinajstić information content (AvgIpc) is 2.73. The van der Waals surface area contributed by atoms with Crippen molar-refractivity contribution >= 4 is 17.4 Å². The predicted octanol–water partition coefficient (Wildman–Crippen LogP) is 1.35. The maximum atomic E-state index is 9.06. The van der Waals surface area contributed by atoms with Crippen LogP contribution in [0.3, 0.4) is 0 Å². The van der Waals surface area contributed by atoms with E-state index in [1.54, 1.807) is 24.3 Å². The molecule has 19 heavy (non-hydrogen) atoms. The van der Waals surface area contributed by atoms with Crippen molar-refractivity contribution in [1.29, 1.82) is 5.26 Å². The highest BCUT2D eigenvalue weighted by Crippen LogP contribution is 2.26. The van der Waals surface area contributed by atoms with Crippen molar-refractivity contribution in [3.8, 4) is 17.6 Å². The molecule has 0 saturated heterocycles. The van der Waals surface area contributed by atoms with Crippen LogP contribution in [0.15, 0.2) is 24.3 Å². The lowest BCUT2D eigenvalue weighted by Crippen LogP contribution is -2.04. The summed E-state index contributed by atoms with van der Waals surface area (Å²) in [6.45, 7) is -0.121. The number of halogens is 1.